The Labute approximate surface area is 83.3 Å². The van der Waals surface area contributed by atoms with Crippen molar-refractivity contribution in [3.05, 3.63) is 0 Å². The molecule has 0 radical (unpaired) electrons. The van der Waals surface area contributed by atoms with E-state index in [1.807, 2.05) is 20.8 Å². The minimum Gasteiger partial charge on any atom is -0.465 e. The highest BCUT2D eigenvalue weighted by atomic mass is 28.3. The third kappa shape index (κ3) is 6.81. The lowest BCUT2D eigenvalue weighted by Crippen LogP contribution is -2.23. The molecule has 2 nitrogen and oxygen atoms in total. The molecule has 0 spiro atoms. The van der Waals surface area contributed by atoms with Gasteiger partial charge in [0, 0.05) is 8.80 Å². The van der Waals surface area contributed by atoms with Crippen LogP contribution >= 0.6 is 0 Å². The Bertz CT molecular complexity index is 159. The summed E-state index contributed by atoms with van der Waals surface area (Å²) in [5.41, 5.74) is -0.352. The molecule has 13 heavy (non-hydrogen) atoms. The minimum absolute atomic E-state index is 0.0853. The zero-order valence-corrected chi connectivity index (χ0v) is 10.7. The van der Waals surface area contributed by atoms with E-state index in [0.29, 0.717) is 6.61 Å². The predicted octanol–water partition coefficient (Wildman–Crippen LogP) is 2.45. The fourth-order valence-electron chi connectivity index (χ4n) is 0.873. The molecule has 0 aromatic carbocycles. The van der Waals surface area contributed by atoms with Crippen molar-refractivity contribution in [2.45, 2.75) is 46.3 Å². The van der Waals surface area contributed by atoms with E-state index in [4.69, 9.17) is 4.74 Å². The van der Waals surface area contributed by atoms with Crippen LogP contribution in [-0.2, 0) is 9.53 Å². The first-order chi connectivity index (χ1) is 5.84. The van der Waals surface area contributed by atoms with Crippen molar-refractivity contribution in [1.82, 2.24) is 0 Å². The molecule has 3 heteroatoms. The number of hydrogen-bond donors (Lipinski definition) is 0. The summed E-state index contributed by atoms with van der Waals surface area (Å²) >= 11 is 0. The van der Waals surface area contributed by atoms with E-state index >= 15 is 0 Å². The molecule has 78 valence electrons. The van der Waals surface area contributed by atoms with Crippen molar-refractivity contribution in [3.8, 4) is 0 Å². The van der Waals surface area contributed by atoms with E-state index in [1.165, 1.54) is 6.04 Å². The Balaban J connectivity index is 3.49. The highest BCUT2D eigenvalue weighted by molar-refractivity contribution is 6.55. The molecule has 0 N–H and O–H groups in total. The van der Waals surface area contributed by atoms with Gasteiger partial charge in [0.25, 0.3) is 0 Å². The minimum atomic E-state index is -0.467. The first-order valence-electron chi connectivity index (χ1n) is 5.01. The van der Waals surface area contributed by atoms with E-state index in [1.54, 1.807) is 0 Å². The van der Waals surface area contributed by atoms with E-state index in [9.17, 15) is 4.79 Å². The largest absolute Gasteiger partial charge is 0.465 e. The normalized spacial score (nSPS) is 11.8. The Morgan fingerprint density at radius 2 is 1.85 bits per heavy atom. The second-order valence-electron chi connectivity index (χ2n) is 4.92. The second-order valence-corrected chi connectivity index (χ2v) is 8.29. The molecule has 0 bridgehead atoms. The number of ether oxygens (including phenoxy) is 1. The zero-order chi connectivity index (χ0) is 10.5. The quantitative estimate of drug-likeness (QED) is 0.398. The van der Waals surface area contributed by atoms with Gasteiger partial charge in [0.15, 0.2) is 0 Å². The predicted molar refractivity (Wildman–Crippen MR) is 58.7 cm³/mol. The van der Waals surface area contributed by atoms with Gasteiger partial charge in [-0.3, -0.25) is 4.79 Å². The summed E-state index contributed by atoms with van der Waals surface area (Å²) in [5.74, 6) is -0.0853. The van der Waals surface area contributed by atoms with Crippen molar-refractivity contribution in [2.75, 3.05) is 6.61 Å². The average Bonchev–Trinajstić information content (AvgIpc) is 1.95. The summed E-state index contributed by atoms with van der Waals surface area (Å²) in [4.78, 5) is 11.3. The zero-order valence-electron chi connectivity index (χ0n) is 9.52. The van der Waals surface area contributed by atoms with Crippen molar-refractivity contribution in [2.24, 2.45) is 5.41 Å². The lowest BCUT2D eigenvalue weighted by atomic mass is 9.97. The second kappa shape index (κ2) is 5.42. The molecule has 0 rings (SSSR count). The Hall–Kier alpha value is -0.313. The van der Waals surface area contributed by atoms with E-state index in [0.717, 1.165) is 6.42 Å². The molecule has 0 saturated carbocycles. The van der Waals surface area contributed by atoms with Crippen LogP contribution in [0, 0.1) is 5.41 Å². The van der Waals surface area contributed by atoms with Crippen LogP contribution in [0.1, 0.15) is 27.2 Å². The fraction of sp³-hybridized carbons (Fsp3) is 0.900. The van der Waals surface area contributed by atoms with Gasteiger partial charge in [0.05, 0.1) is 12.0 Å². The van der Waals surface area contributed by atoms with Gasteiger partial charge in [0.2, 0.25) is 0 Å². The highest BCUT2D eigenvalue weighted by Crippen LogP contribution is 2.15. The molecule has 0 fully saturated rings. The maximum absolute atomic E-state index is 11.3. The summed E-state index contributed by atoms with van der Waals surface area (Å²) in [6, 6.07) is 1.26. The fourth-order valence-corrected chi connectivity index (χ4v) is 1.86. The Kier molecular flexibility index (Phi) is 5.29. The van der Waals surface area contributed by atoms with Gasteiger partial charge in [0.1, 0.15) is 0 Å². The maximum atomic E-state index is 11.3. The van der Waals surface area contributed by atoms with Crippen molar-refractivity contribution in [1.29, 1.82) is 0 Å². The summed E-state index contributed by atoms with van der Waals surface area (Å²) in [6.07, 6.45) is 1.03. The summed E-state index contributed by atoms with van der Waals surface area (Å²) in [6.45, 7) is 10.9. The van der Waals surface area contributed by atoms with Crippen molar-refractivity contribution >= 4 is 14.8 Å². The first-order valence-corrected chi connectivity index (χ1v) is 8.14. The standard InChI is InChI=1S/C10H22O2Si/c1-10(2,3)9(11)12-7-6-8-13(4)5/h13H,6-8H2,1-5H3. The van der Waals surface area contributed by atoms with Gasteiger partial charge in [-0.1, -0.05) is 19.1 Å². The van der Waals surface area contributed by atoms with Crippen molar-refractivity contribution < 1.29 is 9.53 Å². The lowest BCUT2D eigenvalue weighted by Gasteiger charge is -2.16. The summed E-state index contributed by atoms with van der Waals surface area (Å²) in [7, 11) is -0.467. The van der Waals surface area contributed by atoms with Crippen LogP contribution in [0.2, 0.25) is 19.1 Å². The molecule has 0 aromatic rings. The number of carbonyl (C=O) groups excluding carboxylic acids is 1. The van der Waals surface area contributed by atoms with Gasteiger partial charge in [-0.2, -0.15) is 0 Å². The van der Waals surface area contributed by atoms with E-state index < -0.39 is 8.80 Å². The van der Waals surface area contributed by atoms with Crippen molar-refractivity contribution in [3.63, 3.8) is 0 Å². The van der Waals surface area contributed by atoms with Crippen LogP contribution < -0.4 is 0 Å². The van der Waals surface area contributed by atoms with Gasteiger partial charge in [-0.25, -0.2) is 0 Å². The third-order valence-electron chi connectivity index (χ3n) is 1.77. The van der Waals surface area contributed by atoms with Crippen LogP contribution in [0.5, 0.6) is 0 Å². The molecule has 0 aliphatic heterocycles. The van der Waals surface area contributed by atoms with E-state index in [-0.39, 0.29) is 11.4 Å². The molecular formula is C10H22O2Si. The van der Waals surface area contributed by atoms with E-state index in [2.05, 4.69) is 13.1 Å². The molecule has 0 aliphatic carbocycles. The molecule has 0 aromatic heterocycles. The lowest BCUT2D eigenvalue weighted by molar-refractivity contribution is -0.152. The van der Waals surface area contributed by atoms with Crippen LogP contribution in [0.4, 0.5) is 0 Å². The molecule has 0 saturated heterocycles. The first kappa shape index (κ1) is 12.7. The Morgan fingerprint density at radius 3 is 2.23 bits per heavy atom. The van der Waals surface area contributed by atoms with Gasteiger partial charge in [-0.15, -0.1) is 0 Å². The van der Waals surface area contributed by atoms with Gasteiger partial charge < -0.3 is 4.74 Å². The monoisotopic (exact) mass is 202 g/mol. The SMILES string of the molecule is C[SiH](C)CCCOC(=O)C(C)(C)C. The smallest absolute Gasteiger partial charge is 0.311 e. The highest BCUT2D eigenvalue weighted by Gasteiger charge is 2.22. The molecule has 0 unspecified atom stereocenters. The van der Waals surface area contributed by atoms with Crippen LogP contribution in [-0.4, -0.2) is 21.4 Å². The van der Waals surface area contributed by atoms with Gasteiger partial charge in [-0.05, 0) is 27.2 Å². The van der Waals surface area contributed by atoms with Gasteiger partial charge >= 0.3 is 5.97 Å². The third-order valence-corrected chi connectivity index (χ3v) is 3.33. The number of esters is 1. The number of rotatable bonds is 4. The molecule has 0 aliphatic rings. The average molecular weight is 202 g/mol. The van der Waals surface area contributed by atoms with Crippen LogP contribution in [0.25, 0.3) is 0 Å². The molecule has 0 heterocycles. The molecule has 0 atom stereocenters. The van der Waals surface area contributed by atoms with Crippen LogP contribution in [0.3, 0.4) is 0 Å². The number of hydrogen-bond acceptors (Lipinski definition) is 2. The number of carbonyl (C=O) groups is 1. The molecular weight excluding hydrogens is 180 g/mol. The summed E-state index contributed by atoms with van der Waals surface area (Å²) in [5, 5.41) is 0. The Morgan fingerprint density at radius 1 is 1.31 bits per heavy atom. The summed E-state index contributed by atoms with van der Waals surface area (Å²) < 4.78 is 5.14. The molecule has 0 amide bonds. The van der Waals surface area contributed by atoms with Crippen LogP contribution in [0.15, 0.2) is 0 Å². The topological polar surface area (TPSA) is 26.3 Å². The maximum Gasteiger partial charge on any atom is 0.311 e.